The first-order valence-electron chi connectivity index (χ1n) is 5.22. The van der Waals surface area contributed by atoms with Crippen LogP contribution in [0.15, 0.2) is 30.5 Å². The van der Waals surface area contributed by atoms with Gasteiger partial charge in [0.25, 0.3) is 0 Å². The highest BCUT2D eigenvalue weighted by atomic mass is 35.5. The molecule has 0 saturated heterocycles. The van der Waals surface area contributed by atoms with Gasteiger partial charge in [-0.15, -0.1) is 0 Å². The fourth-order valence-electron chi connectivity index (χ4n) is 1.65. The average Bonchev–Trinajstić information content (AvgIpc) is 2.61. The second-order valence-electron chi connectivity index (χ2n) is 3.70. The summed E-state index contributed by atoms with van der Waals surface area (Å²) in [6.07, 6.45) is 2.86. The van der Waals surface area contributed by atoms with E-state index in [2.05, 4.69) is 5.10 Å². The summed E-state index contributed by atoms with van der Waals surface area (Å²) in [5.41, 5.74) is 8.72. The second-order valence-corrected chi connectivity index (χ2v) is 4.14. The van der Waals surface area contributed by atoms with Gasteiger partial charge >= 0.3 is 0 Å². The Morgan fingerprint density at radius 2 is 2.25 bits per heavy atom. The summed E-state index contributed by atoms with van der Waals surface area (Å²) in [6.45, 7) is 2.63. The molecule has 0 bridgehead atoms. The van der Waals surface area contributed by atoms with Crippen molar-refractivity contribution in [2.45, 2.75) is 13.3 Å². The Balaban J connectivity index is 2.37. The molecule has 0 aliphatic rings. The Labute approximate surface area is 99.8 Å². The van der Waals surface area contributed by atoms with Crippen molar-refractivity contribution in [3.8, 4) is 5.69 Å². The monoisotopic (exact) mass is 235 g/mol. The first-order valence-corrected chi connectivity index (χ1v) is 5.59. The van der Waals surface area contributed by atoms with Crippen LogP contribution in [0.25, 0.3) is 5.69 Å². The van der Waals surface area contributed by atoms with Crippen LogP contribution in [0.3, 0.4) is 0 Å². The minimum absolute atomic E-state index is 0.641. The van der Waals surface area contributed by atoms with Crippen molar-refractivity contribution in [1.29, 1.82) is 0 Å². The van der Waals surface area contributed by atoms with Crippen molar-refractivity contribution in [3.05, 3.63) is 46.7 Å². The van der Waals surface area contributed by atoms with Crippen molar-refractivity contribution in [3.63, 3.8) is 0 Å². The smallest absolute Gasteiger partial charge is 0.0660 e. The Kier molecular flexibility index (Phi) is 3.27. The Morgan fingerprint density at radius 1 is 1.44 bits per heavy atom. The van der Waals surface area contributed by atoms with Crippen LogP contribution in [-0.4, -0.2) is 16.3 Å². The van der Waals surface area contributed by atoms with Crippen LogP contribution in [0, 0.1) is 6.92 Å². The molecule has 0 fully saturated rings. The van der Waals surface area contributed by atoms with Gasteiger partial charge in [-0.2, -0.15) is 5.10 Å². The summed E-state index contributed by atoms with van der Waals surface area (Å²) < 4.78 is 1.84. The van der Waals surface area contributed by atoms with Crippen molar-refractivity contribution in [2.75, 3.05) is 6.54 Å². The molecule has 0 unspecified atom stereocenters. The Morgan fingerprint density at radius 3 is 2.94 bits per heavy atom. The lowest BCUT2D eigenvalue weighted by molar-refractivity contribution is 0.863. The van der Waals surface area contributed by atoms with Crippen LogP contribution < -0.4 is 5.73 Å². The summed E-state index contributed by atoms with van der Waals surface area (Å²) >= 11 is 5.94. The molecule has 0 saturated carbocycles. The lowest BCUT2D eigenvalue weighted by Gasteiger charge is -2.00. The third kappa shape index (κ3) is 2.26. The predicted molar refractivity (Wildman–Crippen MR) is 66.1 cm³/mol. The first-order chi connectivity index (χ1) is 7.70. The molecule has 2 aromatic rings. The molecule has 1 aromatic carbocycles. The Bertz CT molecular complexity index is 491. The van der Waals surface area contributed by atoms with Crippen LogP contribution in [0.5, 0.6) is 0 Å². The number of hydrogen-bond donors (Lipinski definition) is 1. The molecule has 0 aliphatic carbocycles. The van der Waals surface area contributed by atoms with Crippen LogP contribution >= 0.6 is 11.6 Å². The lowest BCUT2D eigenvalue weighted by atomic mass is 10.2. The average molecular weight is 236 g/mol. The van der Waals surface area contributed by atoms with Crippen LogP contribution in [-0.2, 0) is 6.42 Å². The van der Waals surface area contributed by atoms with E-state index in [0.29, 0.717) is 11.6 Å². The molecule has 84 valence electrons. The maximum atomic E-state index is 5.94. The van der Waals surface area contributed by atoms with Crippen molar-refractivity contribution >= 4 is 11.6 Å². The summed E-state index contributed by atoms with van der Waals surface area (Å²) in [5.74, 6) is 0. The van der Waals surface area contributed by atoms with Crippen molar-refractivity contribution in [1.82, 2.24) is 9.78 Å². The van der Waals surface area contributed by atoms with Crippen molar-refractivity contribution < 1.29 is 0 Å². The molecule has 2 rings (SSSR count). The minimum atomic E-state index is 0.641. The summed E-state index contributed by atoms with van der Waals surface area (Å²) in [6, 6.07) is 7.63. The van der Waals surface area contributed by atoms with E-state index >= 15 is 0 Å². The van der Waals surface area contributed by atoms with Crippen LogP contribution in [0.4, 0.5) is 0 Å². The number of nitrogens with two attached hydrogens (primary N) is 1. The van der Waals surface area contributed by atoms with E-state index in [1.54, 1.807) is 0 Å². The van der Waals surface area contributed by atoms with Crippen LogP contribution in [0.1, 0.15) is 11.3 Å². The van der Waals surface area contributed by atoms with E-state index in [1.165, 1.54) is 5.56 Å². The Hall–Kier alpha value is -1.32. The molecule has 2 N–H and O–H groups in total. The fourth-order valence-corrected chi connectivity index (χ4v) is 1.83. The molecular weight excluding hydrogens is 222 g/mol. The van der Waals surface area contributed by atoms with Gasteiger partial charge in [0.15, 0.2) is 0 Å². The van der Waals surface area contributed by atoms with E-state index in [9.17, 15) is 0 Å². The molecule has 0 aliphatic heterocycles. The van der Waals surface area contributed by atoms with Gasteiger partial charge in [-0.3, -0.25) is 0 Å². The SMILES string of the molecule is Cc1nn(-c2cccc(Cl)c2)cc1CCN. The first kappa shape index (κ1) is 11.2. The zero-order valence-corrected chi connectivity index (χ0v) is 9.91. The topological polar surface area (TPSA) is 43.8 Å². The highest BCUT2D eigenvalue weighted by Crippen LogP contribution is 2.16. The molecule has 0 amide bonds. The molecular formula is C12H14ClN3. The third-order valence-corrected chi connectivity index (χ3v) is 2.72. The number of benzene rings is 1. The number of hydrogen-bond acceptors (Lipinski definition) is 2. The van der Waals surface area contributed by atoms with Gasteiger partial charge in [0.1, 0.15) is 0 Å². The highest BCUT2D eigenvalue weighted by Gasteiger charge is 2.05. The lowest BCUT2D eigenvalue weighted by Crippen LogP contribution is -2.02. The maximum Gasteiger partial charge on any atom is 0.0660 e. The zero-order valence-electron chi connectivity index (χ0n) is 9.15. The van der Waals surface area contributed by atoms with Gasteiger partial charge < -0.3 is 5.73 Å². The summed E-state index contributed by atoms with van der Waals surface area (Å²) in [4.78, 5) is 0. The molecule has 0 radical (unpaired) electrons. The van der Waals surface area contributed by atoms with E-state index in [1.807, 2.05) is 42.1 Å². The van der Waals surface area contributed by atoms with E-state index in [-0.39, 0.29) is 0 Å². The fraction of sp³-hybridized carbons (Fsp3) is 0.250. The quantitative estimate of drug-likeness (QED) is 0.888. The molecule has 3 nitrogen and oxygen atoms in total. The third-order valence-electron chi connectivity index (χ3n) is 2.49. The van der Waals surface area contributed by atoms with E-state index in [0.717, 1.165) is 17.8 Å². The molecule has 0 spiro atoms. The molecule has 0 atom stereocenters. The number of nitrogens with zero attached hydrogens (tertiary/aromatic N) is 2. The van der Waals surface area contributed by atoms with Gasteiger partial charge in [0.05, 0.1) is 11.4 Å². The number of aromatic nitrogens is 2. The van der Waals surface area contributed by atoms with Crippen molar-refractivity contribution in [2.24, 2.45) is 5.73 Å². The highest BCUT2D eigenvalue weighted by molar-refractivity contribution is 6.30. The largest absolute Gasteiger partial charge is 0.330 e. The summed E-state index contributed by atoms with van der Waals surface area (Å²) in [7, 11) is 0. The van der Waals surface area contributed by atoms with Gasteiger partial charge in [0.2, 0.25) is 0 Å². The second kappa shape index (κ2) is 4.68. The molecule has 4 heteroatoms. The van der Waals surface area contributed by atoms with Crippen LogP contribution in [0.2, 0.25) is 5.02 Å². The molecule has 1 aromatic heterocycles. The predicted octanol–water partition coefficient (Wildman–Crippen LogP) is 2.34. The summed E-state index contributed by atoms with van der Waals surface area (Å²) in [5, 5.41) is 5.16. The maximum absolute atomic E-state index is 5.94. The number of aryl methyl sites for hydroxylation is 1. The minimum Gasteiger partial charge on any atom is -0.330 e. The van der Waals surface area contributed by atoms with Gasteiger partial charge in [0, 0.05) is 11.2 Å². The molecule has 1 heterocycles. The van der Waals surface area contributed by atoms with Gasteiger partial charge in [-0.25, -0.2) is 4.68 Å². The number of rotatable bonds is 3. The normalized spacial score (nSPS) is 10.7. The zero-order chi connectivity index (χ0) is 11.5. The van der Waals surface area contributed by atoms with E-state index < -0.39 is 0 Å². The standard InChI is InChI=1S/C12H14ClN3/c1-9-10(5-6-14)8-16(15-9)12-4-2-3-11(13)7-12/h2-4,7-8H,5-6,14H2,1H3. The number of halogens is 1. The van der Waals surface area contributed by atoms with Gasteiger partial charge in [-0.05, 0) is 43.7 Å². The van der Waals surface area contributed by atoms with Gasteiger partial charge in [-0.1, -0.05) is 17.7 Å². The van der Waals surface area contributed by atoms with E-state index in [4.69, 9.17) is 17.3 Å². The molecule has 16 heavy (non-hydrogen) atoms.